The van der Waals surface area contributed by atoms with Gasteiger partial charge in [0, 0.05) is 6.07 Å². The van der Waals surface area contributed by atoms with E-state index >= 15 is 0 Å². The zero-order chi connectivity index (χ0) is 26.1. The summed E-state index contributed by atoms with van der Waals surface area (Å²) in [5, 5.41) is 8.62. The minimum absolute atomic E-state index is 0.0216. The van der Waals surface area contributed by atoms with Gasteiger partial charge in [0.1, 0.15) is 41.1 Å². The molecule has 0 bridgehead atoms. The van der Waals surface area contributed by atoms with Crippen LogP contribution in [0.15, 0.2) is 47.5 Å². The van der Waals surface area contributed by atoms with E-state index in [1.807, 2.05) is 0 Å². The molecule has 9 nitrogen and oxygen atoms in total. The van der Waals surface area contributed by atoms with Crippen molar-refractivity contribution in [1.82, 2.24) is 19.9 Å². The van der Waals surface area contributed by atoms with E-state index in [0.29, 0.717) is 11.7 Å². The Morgan fingerprint density at radius 3 is 2.65 bits per heavy atom. The van der Waals surface area contributed by atoms with Gasteiger partial charge in [0.05, 0.1) is 10.6 Å². The Balaban J connectivity index is 1.34. The van der Waals surface area contributed by atoms with Crippen molar-refractivity contribution in [1.29, 1.82) is 0 Å². The summed E-state index contributed by atoms with van der Waals surface area (Å²) >= 11 is 6.38. The van der Waals surface area contributed by atoms with Crippen molar-refractivity contribution in [3.8, 4) is 0 Å². The van der Waals surface area contributed by atoms with E-state index in [4.69, 9.17) is 16.3 Å². The molecule has 1 saturated heterocycles. The first-order chi connectivity index (χ1) is 17.5. The molecule has 0 radical (unpaired) electrons. The van der Waals surface area contributed by atoms with E-state index in [1.54, 1.807) is 6.07 Å². The van der Waals surface area contributed by atoms with Gasteiger partial charge in [-0.3, -0.25) is 14.2 Å². The molecule has 4 heterocycles. The molecule has 3 N–H and O–H groups in total. The number of fused-ring (bicyclic) bond motifs is 1. The number of epoxide rings is 1. The van der Waals surface area contributed by atoms with E-state index in [-0.39, 0.29) is 40.1 Å². The molecule has 13 heteroatoms. The van der Waals surface area contributed by atoms with Gasteiger partial charge in [0.15, 0.2) is 6.23 Å². The van der Waals surface area contributed by atoms with Crippen molar-refractivity contribution in [2.45, 2.75) is 43.9 Å². The van der Waals surface area contributed by atoms with Crippen LogP contribution in [0, 0.1) is 5.92 Å². The van der Waals surface area contributed by atoms with Crippen molar-refractivity contribution in [2.75, 3.05) is 10.6 Å². The second-order valence-electron chi connectivity index (χ2n) is 9.42. The van der Waals surface area contributed by atoms with E-state index in [1.165, 1.54) is 31.5 Å². The van der Waals surface area contributed by atoms with Crippen LogP contribution in [-0.4, -0.2) is 32.8 Å². The molecule has 2 fully saturated rings. The van der Waals surface area contributed by atoms with Crippen LogP contribution in [0.2, 0.25) is 5.02 Å². The summed E-state index contributed by atoms with van der Waals surface area (Å²) in [4.78, 5) is 34.7. The van der Waals surface area contributed by atoms with Crippen LogP contribution >= 0.6 is 11.6 Å². The lowest BCUT2D eigenvalue weighted by molar-refractivity contribution is -0.137. The zero-order valence-electron chi connectivity index (χ0n) is 19.3. The first-order valence-corrected chi connectivity index (χ1v) is 11.9. The molecule has 6 rings (SSSR count). The maximum Gasteiger partial charge on any atom is 0.416 e. The molecule has 1 aromatic carbocycles. The summed E-state index contributed by atoms with van der Waals surface area (Å²) < 4.78 is 46.8. The lowest BCUT2D eigenvalue weighted by atomic mass is 9.99. The van der Waals surface area contributed by atoms with Gasteiger partial charge in [-0.25, -0.2) is 9.97 Å². The number of aromatic nitrogens is 3. The van der Waals surface area contributed by atoms with E-state index in [2.05, 4.69) is 25.9 Å². The SMILES string of the molecule is CC1(c2cccc(C(F)(F)F)c2)NC(=O)c2c(Cl)cc(Nc3cc(NC4OC4C4CC4)ncn3)c(=O)n21. The largest absolute Gasteiger partial charge is 0.416 e. The third-order valence-corrected chi connectivity index (χ3v) is 7.05. The number of nitrogens with zero attached hydrogens (tertiary/aromatic N) is 3. The number of rotatable bonds is 6. The number of ether oxygens (including phenoxy) is 1. The minimum atomic E-state index is -4.60. The summed E-state index contributed by atoms with van der Waals surface area (Å²) in [6, 6.07) is 7.31. The molecule has 3 aromatic rings. The normalized spacial score (nSPS) is 24.4. The Kier molecular flexibility index (Phi) is 5.25. The molecule has 1 aliphatic carbocycles. The predicted octanol–water partition coefficient (Wildman–Crippen LogP) is 4.07. The number of hydrogen-bond donors (Lipinski definition) is 3. The number of pyridine rings is 1. The maximum absolute atomic E-state index is 13.6. The number of halogens is 4. The summed E-state index contributed by atoms with van der Waals surface area (Å²) in [5.74, 6) is 0.654. The van der Waals surface area contributed by atoms with E-state index in [0.717, 1.165) is 29.5 Å². The van der Waals surface area contributed by atoms with Gasteiger partial charge in [0.2, 0.25) is 0 Å². The van der Waals surface area contributed by atoms with Crippen molar-refractivity contribution in [3.05, 3.63) is 74.9 Å². The van der Waals surface area contributed by atoms with Crippen LogP contribution in [0.1, 0.15) is 41.4 Å². The van der Waals surface area contributed by atoms with Crippen LogP contribution in [0.25, 0.3) is 0 Å². The Hall–Kier alpha value is -3.64. The third-order valence-electron chi connectivity index (χ3n) is 6.76. The van der Waals surface area contributed by atoms with Crippen molar-refractivity contribution >= 4 is 34.8 Å². The zero-order valence-corrected chi connectivity index (χ0v) is 20.0. The van der Waals surface area contributed by atoms with Gasteiger partial charge in [0.25, 0.3) is 11.5 Å². The van der Waals surface area contributed by atoms with Crippen molar-refractivity contribution in [2.24, 2.45) is 5.92 Å². The predicted molar refractivity (Wildman–Crippen MR) is 128 cm³/mol. The van der Waals surface area contributed by atoms with Crippen molar-refractivity contribution in [3.63, 3.8) is 0 Å². The molecule has 192 valence electrons. The fourth-order valence-corrected chi connectivity index (χ4v) is 4.94. The highest BCUT2D eigenvalue weighted by atomic mass is 35.5. The fraction of sp³-hybridized carbons (Fsp3) is 0.333. The molecule has 3 atom stereocenters. The highest BCUT2D eigenvalue weighted by molar-refractivity contribution is 6.34. The number of carbonyl (C=O) groups is 1. The minimum Gasteiger partial charge on any atom is -0.348 e. The number of hydrogen-bond acceptors (Lipinski definition) is 7. The van der Waals surface area contributed by atoms with Gasteiger partial charge in [-0.15, -0.1) is 0 Å². The average Bonchev–Trinajstić information content (AvgIpc) is 3.76. The standard InChI is InChI=1S/C24H20ClF3N6O3/c1-23(12-3-2-4-13(7-12)24(26,27)28)33-20(35)18-14(25)8-15(22(36)34(18)23)31-16-9-17(30-10-29-16)32-21-19(37-21)11-5-6-11/h2-4,7-11,19,21H,5-6H2,1H3,(H,33,35)(H2,29,30,31,32). The molecule has 3 unspecified atom stereocenters. The first-order valence-electron chi connectivity index (χ1n) is 11.5. The average molecular weight is 533 g/mol. The molecule has 1 saturated carbocycles. The Labute approximate surface area is 213 Å². The molecule has 2 aliphatic heterocycles. The monoisotopic (exact) mass is 532 g/mol. The molecule has 1 amide bonds. The van der Waals surface area contributed by atoms with Crippen LogP contribution in [-0.2, 0) is 16.6 Å². The molecular weight excluding hydrogens is 513 g/mol. The van der Waals surface area contributed by atoms with Crippen LogP contribution in [0.5, 0.6) is 0 Å². The molecule has 0 spiro atoms. The summed E-state index contributed by atoms with van der Waals surface area (Å²) in [5.41, 5.74) is -3.32. The van der Waals surface area contributed by atoms with Crippen LogP contribution in [0.4, 0.5) is 30.5 Å². The number of carbonyl (C=O) groups excluding carboxylic acids is 1. The Morgan fingerprint density at radius 2 is 1.92 bits per heavy atom. The first kappa shape index (κ1) is 23.7. The molecule has 37 heavy (non-hydrogen) atoms. The maximum atomic E-state index is 13.6. The van der Waals surface area contributed by atoms with Crippen molar-refractivity contribution < 1.29 is 22.7 Å². The number of benzene rings is 1. The highest BCUT2D eigenvalue weighted by Crippen LogP contribution is 2.44. The molecule has 2 aromatic heterocycles. The smallest absolute Gasteiger partial charge is 0.348 e. The Bertz CT molecular complexity index is 1490. The number of anilines is 3. The van der Waals surface area contributed by atoms with Gasteiger partial charge in [-0.1, -0.05) is 23.7 Å². The molecular formula is C24H20ClF3N6O3. The molecule has 3 aliphatic rings. The van der Waals surface area contributed by atoms with Crippen LogP contribution < -0.4 is 21.5 Å². The lowest BCUT2D eigenvalue weighted by Crippen LogP contribution is -2.46. The Morgan fingerprint density at radius 1 is 1.16 bits per heavy atom. The fourth-order valence-electron chi connectivity index (χ4n) is 4.66. The second-order valence-corrected chi connectivity index (χ2v) is 9.82. The summed E-state index contributed by atoms with van der Waals surface area (Å²) in [6.07, 6.45) is -0.944. The van der Waals surface area contributed by atoms with Crippen LogP contribution in [0.3, 0.4) is 0 Å². The lowest BCUT2D eigenvalue weighted by Gasteiger charge is -2.28. The van der Waals surface area contributed by atoms with Gasteiger partial charge in [-0.05, 0) is 49.4 Å². The number of nitrogens with one attached hydrogen (secondary N) is 3. The summed E-state index contributed by atoms with van der Waals surface area (Å²) in [7, 11) is 0. The third kappa shape index (κ3) is 4.19. The quantitative estimate of drug-likeness (QED) is 0.410. The highest BCUT2D eigenvalue weighted by Gasteiger charge is 2.50. The topological polar surface area (TPSA) is 113 Å². The summed E-state index contributed by atoms with van der Waals surface area (Å²) in [6.45, 7) is 1.44. The number of alkyl halides is 3. The van der Waals surface area contributed by atoms with Gasteiger partial charge >= 0.3 is 6.18 Å². The number of amides is 1. The van der Waals surface area contributed by atoms with E-state index < -0.39 is 28.9 Å². The van der Waals surface area contributed by atoms with Gasteiger partial charge in [-0.2, -0.15) is 13.2 Å². The van der Waals surface area contributed by atoms with Gasteiger partial charge < -0.3 is 20.7 Å². The van der Waals surface area contributed by atoms with E-state index in [9.17, 15) is 22.8 Å². The second kappa shape index (κ2) is 8.18.